The molecule has 6 nitrogen and oxygen atoms in total. The number of rotatable bonds is 5. The average molecular weight is 368 g/mol. The average Bonchev–Trinajstić information content (AvgIpc) is 3.14. The summed E-state index contributed by atoms with van der Waals surface area (Å²) in [6.45, 7) is 1.85. The minimum atomic E-state index is -0.677. The van der Waals surface area contributed by atoms with Crippen LogP contribution in [0.4, 0.5) is 5.69 Å². The Kier molecular flexibility index (Phi) is 5.28. The van der Waals surface area contributed by atoms with E-state index in [0.29, 0.717) is 16.6 Å². The molecule has 2 heterocycles. The minimum absolute atomic E-state index is 0.0691. The van der Waals surface area contributed by atoms with E-state index in [9.17, 15) is 14.4 Å². The number of aromatic amines is 1. The fourth-order valence-corrected chi connectivity index (χ4v) is 3.00. The molecule has 0 aliphatic rings. The van der Waals surface area contributed by atoms with Gasteiger partial charge in [-0.3, -0.25) is 9.59 Å². The zero-order chi connectivity index (χ0) is 18.5. The number of anilines is 1. The van der Waals surface area contributed by atoms with Crippen molar-refractivity contribution in [2.45, 2.75) is 6.92 Å². The van der Waals surface area contributed by atoms with E-state index >= 15 is 0 Å². The Bertz CT molecular complexity index is 1040. The first-order valence-corrected chi connectivity index (χ1v) is 8.81. The summed E-state index contributed by atoms with van der Waals surface area (Å²) in [5.41, 5.74) is 0.517. The molecule has 0 atom stereocenters. The summed E-state index contributed by atoms with van der Waals surface area (Å²) in [6.07, 6.45) is 4.48. The van der Waals surface area contributed by atoms with Gasteiger partial charge < -0.3 is 15.0 Å². The number of carbonyl (C=O) groups excluding carboxylic acids is 2. The lowest BCUT2D eigenvalue weighted by atomic mass is 10.1. The standard InChI is InChI=1S/C19H16N2O4S/c1-2-25-19(24)15-11-20-16-7-5-12(10-14(16)18(15)23)21-17(22)8-6-13-4-3-9-26-13/h3-11H,2H2,1H3,(H,20,23)(H,21,22)/b8-6+. The third-order valence-corrected chi connectivity index (χ3v) is 4.42. The molecule has 0 radical (unpaired) electrons. The Labute approximate surface area is 153 Å². The Morgan fingerprint density at radius 3 is 2.88 bits per heavy atom. The highest BCUT2D eigenvalue weighted by molar-refractivity contribution is 7.10. The summed E-state index contributed by atoms with van der Waals surface area (Å²) in [6, 6.07) is 8.69. The number of amides is 1. The molecule has 3 aromatic rings. The summed E-state index contributed by atoms with van der Waals surface area (Å²) < 4.78 is 4.88. The lowest BCUT2D eigenvalue weighted by Crippen LogP contribution is -2.18. The van der Waals surface area contributed by atoms with Crippen molar-refractivity contribution in [2.24, 2.45) is 0 Å². The molecular weight excluding hydrogens is 352 g/mol. The topological polar surface area (TPSA) is 88.3 Å². The van der Waals surface area contributed by atoms with E-state index in [-0.39, 0.29) is 18.1 Å². The van der Waals surface area contributed by atoms with Crippen molar-refractivity contribution in [2.75, 3.05) is 11.9 Å². The van der Waals surface area contributed by atoms with E-state index in [1.54, 1.807) is 25.1 Å². The summed E-state index contributed by atoms with van der Waals surface area (Å²) in [7, 11) is 0. The van der Waals surface area contributed by atoms with Crippen LogP contribution in [0.25, 0.3) is 17.0 Å². The Morgan fingerprint density at radius 1 is 1.31 bits per heavy atom. The molecule has 7 heteroatoms. The van der Waals surface area contributed by atoms with E-state index in [1.165, 1.54) is 29.7 Å². The zero-order valence-corrected chi connectivity index (χ0v) is 14.8. The third-order valence-electron chi connectivity index (χ3n) is 3.59. The quantitative estimate of drug-likeness (QED) is 0.533. The van der Waals surface area contributed by atoms with Gasteiger partial charge >= 0.3 is 5.97 Å². The minimum Gasteiger partial charge on any atom is -0.462 e. The number of ether oxygens (including phenoxy) is 1. The van der Waals surface area contributed by atoms with Crippen molar-refractivity contribution in [3.05, 3.63) is 68.6 Å². The number of aromatic nitrogens is 1. The van der Waals surface area contributed by atoms with Crippen LogP contribution in [0.3, 0.4) is 0 Å². The van der Waals surface area contributed by atoms with Gasteiger partial charge in [0.1, 0.15) is 5.56 Å². The monoisotopic (exact) mass is 368 g/mol. The number of H-pyrrole nitrogens is 1. The molecule has 2 N–H and O–H groups in total. The van der Waals surface area contributed by atoms with E-state index in [1.807, 2.05) is 17.5 Å². The lowest BCUT2D eigenvalue weighted by Gasteiger charge is -2.06. The highest BCUT2D eigenvalue weighted by Gasteiger charge is 2.14. The van der Waals surface area contributed by atoms with Crippen LogP contribution in [0.5, 0.6) is 0 Å². The molecule has 1 aromatic carbocycles. The first-order valence-electron chi connectivity index (χ1n) is 7.93. The van der Waals surface area contributed by atoms with Crippen molar-refractivity contribution < 1.29 is 14.3 Å². The second-order valence-electron chi connectivity index (χ2n) is 5.35. The molecule has 2 aromatic heterocycles. The van der Waals surface area contributed by atoms with Crippen LogP contribution in [0.15, 0.2) is 52.8 Å². The largest absolute Gasteiger partial charge is 0.462 e. The molecule has 0 fully saturated rings. The van der Waals surface area contributed by atoms with Crippen LogP contribution in [0.1, 0.15) is 22.2 Å². The fourth-order valence-electron chi connectivity index (χ4n) is 2.38. The van der Waals surface area contributed by atoms with Gasteiger partial charge in [0.05, 0.1) is 6.61 Å². The molecular formula is C19H16N2O4S. The number of esters is 1. The van der Waals surface area contributed by atoms with Crippen LogP contribution in [0.2, 0.25) is 0 Å². The fraction of sp³-hybridized carbons (Fsp3) is 0.105. The third kappa shape index (κ3) is 3.89. The number of thiophene rings is 1. The predicted octanol–water partition coefficient (Wildman–Crippen LogP) is 3.42. The van der Waals surface area contributed by atoms with Crippen molar-refractivity contribution in [3.8, 4) is 0 Å². The Balaban J connectivity index is 1.85. The van der Waals surface area contributed by atoms with Gasteiger partial charge in [-0.05, 0) is 42.6 Å². The van der Waals surface area contributed by atoms with Crippen molar-refractivity contribution >= 4 is 45.9 Å². The van der Waals surface area contributed by atoms with Crippen LogP contribution >= 0.6 is 11.3 Å². The number of pyridine rings is 1. The molecule has 26 heavy (non-hydrogen) atoms. The van der Waals surface area contributed by atoms with Crippen LogP contribution < -0.4 is 10.7 Å². The van der Waals surface area contributed by atoms with Crippen LogP contribution in [-0.4, -0.2) is 23.5 Å². The summed E-state index contributed by atoms with van der Waals surface area (Å²) in [5.74, 6) is -0.986. The van der Waals surface area contributed by atoms with E-state index in [0.717, 1.165) is 4.88 Å². The van der Waals surface area contributed by atoms with Gasteiger partial charge in [0.25, 0.3) is 0 Å². The summed E-state index contributed by atoms with van der Waals surface area (Å²) in [4.78, 5) is 40.3. The summed E-state index contributed by atoms with van der Waals surface area (Å²) >= 11 is 1.53. The van der Waals surface area contributed by atoms with E-state index in [4.69, 9.17) is 4.74 Å². The van der Waals surface area contributed by atoms with Gasteiger partial charge in [0.2, 0.25) is 11.3 Å². The van der Waals surface area contributed by atoms with Crippen molar-refractivity contribution in [1.29, 1.82) is 0 Å². The van der Waals surface area contributed by atoms with Crippen LogP contribution in [0, 0.1) is 0 Å². The number of hydrogen-bond acceptors (Lipinski definition) is 5. The molecule has 0 spiro atoms. The van der Waals surface area contributed by atoms with Crippen molar-refractivity contribution in [1.82, 2.24) is 4.98 Å². The maximum absolute atomic E-state index is 12.5. The molecule has 0 saturated heterocycles. The number of carbonyl (C=O) groups is 2. The molecule has 0 aliphatic carbocycles. The van der Waals surface area contributed by atoms with Gasteiger partial charge in [-0.25, -0.2) is 4.79 Å². The molecule has 0 bridgehead atoms. The highest BCUT2D eigenvalue weighted by atomic mass is 32.1. The molecule has 132 valence electrons. The molecule has 1 amide bonds. The lowest BCUT2D eigenvalue weighted by molar-refractivity contribution is -0.111. The van der Waals surface area contributed by atoms with Gasteiger partial charge in [-0.15, -0.1) is 11.3 Å². The maximum atomic E-state index is 12.5. The van der Waals surface area contributed by atoms with E-state index in [2.05, 4.69) is 10.3 Å². The Hall–Kier alpha value is -3.19. The second-order valence-corrected chi connectivity index (χ2v) is 6.33. The second kappa shape index (κ2) is 7.79. The smallest absolute Gasteiger partial charge is 0.343 e. The van der Waals surface area contributed by atoms with Crippen molar-refractivity contribution in [3.63, 3.8) is 0 Å². The molecule has 0 aliphatic heterocycles. The normalized spacial score (nSPS) is 11.0. The summed E-state index contributed by atoms with van der Waals surface area (Å²) in [5, 5.41) is 4.93. The zero-order valence-electron chi connectivity index (χ0n) is 13.9. The molecule has 0 saturated carbocycles. The molecule has 3 rings (SSSR count). The highest BCUT2D eigenvalue weighted by Crippen LogP contribution is 2.16. The number of nitrogens with one attached hydrogen (secondary N) is 2. The van der Waals surface area contributed by atoms with Gasteiger partial charge in [0.15, 0.2) is 0 Å². The van der Waals surface area contributed by atoms with Gasteiger partial charge in [0, 0.05) is 33.7 Å². The van der Waals surface area contributed by atoms with Crippen LogP contribution in [-0.2, 0) is 9.53 Å². The molecule has 0 unspecified atom stereocenters. The van der Waals surface area contributed by atoms with E-state index < -0.39 is 11.4 Å². The van der Waals surface area contributed by atoms with Gasteiger partial charge in [-0.1, -0.05) is 6.07 Å². The predicted molar refractivity (Wildman–Crippen MR) is 103 cm³/mol. The maximum Gasteiger partial charge on any atom is 0.343 e. The number of benzene rings is 1. The first kappa shape index (κ1) is 17.6. The Morgan fingerprint density at radius 2 is 2.15 bits per heavy atom. The SMILES string of the molecule is CCOC(=O)c1c[nH]c2ccc(NC(=O)/C=C/c3cccs3)cc2c1=O. The van der Waals surface area contributed by atoms with Gasteiger partial charge in [-0.2, -0.15) is 0 Å². The number of fused-ring (bicyclic) bond motifs is 1. The number of hydrogen-bond donors (Lipinski definition) is 2. The first-order chi connectivity index (χ1) is 12.6.